The van der Waals surface area contributed by atoms with E-state index in [9.17, 15) is 21.6 Å². The summed E-state index contributed by atoms with van der Waals surface area (Å²) in [7, 11) is -5.52. The first kappa shape index (κ1) is 17.3. The van der Waals surface area contributed by atoms with E-state index in [1.165, 1.54) is 6.08 Å². The predicted molar refractivity (Wildman–Crippen MR) is 63.2 cm³/mol. The van der Waals surface area contributed by atoms with Gasteiger partial charge in [-0.3, -0.25) is 0 Å². The predicted octanol–water partition coefficient (Wildman–Crippen LogP) is 4.12. The summed E-state index contributed by atoms with van der Waals surface area (Å²) in [6.45, 7) is 3.59. The Labute approximate surface area is 106 Å². The molecule has 0 amide bonds. The molecule has 0 spiro atoms. The molecular weight excluding hydrogens is 269 g/mol. The number of hydrogen-bond donors (Lipinski definition) is 0. The molecule has 3 nitrogen and oxygen atoms in total. The highest BCUT2D eigenvalue weighted by Gasteiger charge is 2.48. The van der Waals surface area contributed by atoms with Crippen LogP contribution in [0.25, 0.3) is 0 Å². The maximum atomic E-state index is 12.1. The Balaban J connectivity index is 4.39. The summed E-state index contributed by atoms with van der Waals surface area (Å²) in [5, 5.41) is 0. The molecule has 0 radical (unpaired) electrons. The molecule has 0 aromatic heterocycles. The van der Waals surface area contributed by atoms with Crippen LogP contribution in [0.3, 0.4) is 0 Å². The summed E-state index contributed by atoms with van der Waals surface area (Å²) in [6.07, 6.45) is 5.95. The molecule has 0 fully saturated rings. The van der Waals surface area contributed by atoms with Crippen LogP contribution in [0.15, 0.2) is 11.8 Å². The molecule has 0 aromatic carbocycles. The second-order valence-electron chi connectivity index (χ2n) is 3.86. The highest BCUT2D eigenvalue weighted by atomic mass is 32.2. The maximum absolute atomic E-state index is 12.1. The largest absolute Gasteiger partial charge is 0.534 e. The van der Waals surface area contributed by atoms with Crippen molar-refractivity contribution < 1.29 is 25.8 Å². The third-order valence-electron chi connectivity index (χ3n) is 2.28. The minimum Gasteiger partial charge on any atom is -0.381 e. The van der Waals surface area contributed by atoms with E-state index < -0.39 is 15.6 Å². The molecule has 0 unspecified atom stereocenters. The molecule has 18 heavy (non-hydrogen) atoms. The normalized spacial score (nSPS) is 13.7. The molecule has 0 rings (SSSR count). The summed E-state index contributed by atoms with van der Waals surface area (Å²) in [5.41, 5.74) is -5.37. The molecule has 0 aliphatic rings. The average molecular weight is 288 g/mol. The molecule has 0 atom stereocenters. The van der Waals surface area contributed by atoms with Gasteiger partial charge < -0.3 is 4.18 Å². The van der Waals surface area contributed by atoms with Crippen LogP contribution in [-0.2, 0) is 14.3 Å². The van der Waals surface area contributed by atoms with Gasteiger partial charge >= 0.3 is 15.6 Å². The monoisotopic (exact) mass is 288 g/mol. The first-order valence-electron chi connectivity index (χ1n) is 5.94. The molecule has 0 aliphatic heterocycles. The Morgan fingerprint density at radius 2 is 1.78 bits per heavy atom. The Hall–Kier alpha value is -0.720. The first-order chi connectivity index (χ1) is 8.24. The van der Waals surface area contributed by atoms with Gasteiger partial charge in [-0.2, -0.15) is 21.6 Å². The quantitative estimate of drug-likeness (QED) is 0.292. The van der Waals surface area contributed by atoms with Crippen LogP contribution in [0.2, 0.25) is 0 Å². The lowest BCUT2D eigenvalue weighted by Crippen LogP contribution is -2.25. The van der Waals surface area contributed by atoms with Crippen molar-refractivity contribution in [1.29, 1.82) is 0 Å². The van der Waals surface area contributed by atoms with Crippen LogP contribution in [0.4, 0.5) is 13.2 Å². The van der Waals surface area contributed by atoms with Crippen molar-refractivity contribution in [3.63, 3.8) is 0 Å². The van der Waals surface area contributed by atoms with Gasteiger partial charge in [-0.1, -0.05) is 33.1 Å². The van der Waals surface area contributed by atoms with Gasteiger partial charge in [0, 0.05) is 6.42 Å². The SMILES string of the molecule is CCCCCC/C=C(/CC)OS(=O)(=O)C(F)(F)F. The van der Waals surface area contributed by atoms with Gasteiger partial charge in [0.2, 0.25) is 0 Å². The fourth-order valence-corrected chi connectivity index (χ4v) is 1.82. The summed E-state index contributed by atoms with van der Waals surface area (Å²) in [5.74, 6) is -0.149. The fourth-order valence-electron chi connectivity index (χ4n) is 1.26. The van der Waals surface area contributed by atoms with Gasteiger partial charge in [-0.15, -0.1) is 0 Å². The Morgan fingerprint density at radius 3 is 2.22 bits per heavy atom. The van der Waals surface area contributed by atoms with E-state index in [0.717, 1.165) is 25.7 Å². The molecule has 0 aromatic rings. The zero-order chi connectivity index (χ0) is 14.2. The molecule has 0 N–H and O–H groups in total. The van der Waals surface area contributed by atoms with Crippen molar-refractivity contribution in [3.8, 4) is 0 Å². The topological polar surface area (TPSA) is 43.4 Å². The molecule has 0 bridgehead atoms. The van der Waals surface area contributed by atoms with Gasteiger partial charge in [0.05, 0.1) is 0 Å². The minimum atomic E-state index is -5.52. The van der Waals surface area contributed by atoms with Crippen molar-refractivity contribution in [1.82, 2.24) is 0 Å². The Morgan fingerprint density at radius 1 is 1.17 bits per heavy atom. The summed E-state index contributed by atoms with van der Waals surface area (Å²) < 4.78 is 61.8. The second kappa shape index (κ2) is 7.66. The van der Waals surface area contributed by atoms with Crippen molar-refractivity contribution >= 4 is 10.1 Å². The van der Waals surface area contributed by atoms with Crippen molar-refractivity contribution in [3.05, 3.63) is 11.8 Å². The molecule has 0 saturated heterocycles. The molecule has 0 heterocycles. The van der Waals surface area contributed by atoms with E-state index in [2.05, 4.69) is 4.18 Å². The van der Waals surface area contributed by atoms with E-state index in [1.54, 1.807) is 6.92 Å². The van der Waals surface area contributed by atoms with Crippen LogP contribution < -0.4 is 0 Å². The lowest BCUT2D eigenvalue weighted by molar-refractivity contribution is -0.0523. The van der Waals surface area contributed by atoms with Gasteiger partial charge in [0.1, 0.15) is 5.76 Å². The van der Waals surface area contributed by atoms with E-state index in [4.69, 9.17) is 0 Å². The van der Waals surface area contributed by atoms with Crippen molar-refractivity contribution in [2.75, 3.05) is 0 Å². The summed E-state index contributed by atoms with van der Waals surface area (Å²) in [4.78, 5) is 0. The fraction of sp³-hybridized carbons (Fsp3) is 0.818. The summed E-state index contributed by atoms with van der Waals surface area (Å²) in [6, 6.07) is 0. The van der Waals surface area contributed by atoms with Gasteiger partial charge in [-0.25, -0.2) is 0 Å². The number of alkyl halides is 3. The van der Waals surface area contributed by atoms with E-state index in [0.29, 0.717) is 6.42 Å². The van der Waals surface area contributed by atoms with Crippen molar-refractivity contribution in [2.24, 2.45) is 0 Å². The molecular formula is C11H19F3O3S. The first-order valence-corrected chi connectivity index (χ1v) is 7.35. The van der Waals surface area contributed by atoms with Gasteiger partial charge in [-0.05, 0) is 18.9 Å². The van der Waals surface area contributed by atoms with E-state index >= 15 is 0 Å². The molecule has 7 heteroatoms. The molecule has 108 valence electrons. The second-order valence-corrected chi connectivity index (χ2v) is 5.39. The highest BCUT2D eigenvalue weighted by molar-refractivity contribution is 7.87. The van der Waals surface area contributed by atoms with E-state index in [-0.39, 0.29) is 12.2 Å². The number of hydrogen-bond acceptors (Lipinski definition) is 3. The number of rotatable bonds is 8. The van der Waals surface area contributed by atoms with Crippen LogP contribution in [-0.4, -0.2) is 13.9 Å². The maximum Gasteiger partial charge on any atom is 0.534 e. The van der Waals surface area contributed by atoms with Crippen molar-refractivity contribution in [2.45, 2.75) is 57.9 Å². The minimum absolute atomic E-state index is 0.114. The molecule has 0 saturated carbocycles. The smallest absolute Gasteiger partial charge is 0.381 e. The Kier molecular flexibility index (Phi) is 7.35. The standard InChI is InChI=1S/C11H19F3O3S/c1-3-5-6-7-8-9-10(4-2)17-18(15,16)11(12,13)14/h9H,3-8H2,1-2H3/b10-9-. The zero-order valence-corrected chi connectivity index (χ0v) is 11.4. The zero-order valence-electron chi connectivity index (χ0n) is 10.6. The van der Waals surface area contributed by atoms with Gasteiger partial charge in [0.25, 0.3) is 0 Å². The third-order valence-corrected chi connectivity index (χ3v) is 3.28. The van der Waals surface area contributed by atoms with Crippen LogP contribution in [0, 0.1) is 0 Å². The van der Waals surface area contributed by atoms with Crippen LogP contribution >= 0.6 is 0 Å². The number of unbranched alkanes of at least 4 members (excludes halogenated alkanes) is 4. The third kappa shape index (κ3) is 6.28. The number of halogens is 3. The lowest BCUT2D eigenvalue weighted by atomic mass is 10.1. The molecule has 0 aliphatic carbocycles. The number of allylic oxidation sites excluding steroid dienone is 2. The summed E-state index contributed by atoms with van der Waals surface area (Å²) >= 11 is 0. The average Bonchev–Trinajstić information content (AvgIpc) is 2.25. The van der Waals surface area contributed by atoms with Crippen LogP contribution in [0.5, 0.6) is 0 Å². The van der Waals surface area contributed by atoms with Crippen LogP contribution in [0.1, 0.15) is 52.4 Å². The highest BCUT2D eigenvalue weighted by Crippen LogP contribution is 2.27. The lowest BCUT2D eigenvalue weighted by Gasteiger charge is -2.11. The van der Waals surface area contributed by atoms with E-state index in [1.807, 2.05) is 6.92 Å². The van der Waals surface area contributed by atoms with Gasteiger partial charge in [0.15, 0.2) is 0 Å². The Bertz CT molecular complexity index is 358.